The molecule has 28 heavy (non-hydrogen) atoms. The molecule has 146 valence electrons. The van der Waals surface area contributed by atoms with E-state index in [9.17, 15) is 9.18 Å². The van der Waals surface area contributed by atoms with Crippen molar-refractivity contribution in [1.29, 1.82) is 0 Å². The summed E-state index contributed by atoms with van der Waals surface area (Å²) < 4.78 is 24.5. The Hall–Kier alpha value is -3.08. The topological polar surface area (TPSA) is 51.5 Å². The van der Waals surface area contributed by atoms with Gasteiger partial charge in [-0.25, -0.2) is 4.39 Å². The van der Waals surface area contributed by atoms with Crippen molar-refractivity contribution in [2.24, 2.45) is 0 Å². The average molecular weight is 381 g/mol. The standard InChI is InChI=1S/C23H24FNO3/c1-15(2)20-10-4-16(3)12-22(20)27-14-19-9-11-21(28-19)23(26)25-13-17-5-7-18(24)8-6-17/h4-12,15H,13-14H2,1-3H3,(H,25,26). The number of hydrogen-bond acceptors (Lipinski definition) is 3. The van der Waals surface area contributed by atoms with Crippen LogP contribution >= 0.6 is 0 Å². The molecule has 3 rings (SSSR count). The van der Waals surface area contributed by atoms with Gasteiger partial charge in [-0.05, 0) is 59.9 Å². The maximum Gasteiger partial charge on any atom is 0.287 e. The van der Waals surface area contributed by atoms with Crippen LogP contribution in [0.25, 0.3) is 0 Å². The Labute approximate surface area is 164 Å². The van der Waals surface area contributed by atoms with Crippen LogP contribution in [0.15, 0.2) is 59.0 Å². The predicted octanol–water partition coefficient (Wildman–Crippen LogP) is 5.36. The van der Waals surface area contributed by atoms with Gasteiger partial charge in [0.15, 0.2) is 5.76 Å². The number of furan rings is 1. The van der Waals surface area contributed by atoms with Gasteiger partial charge in [-0.15, -0.1) is 0 Å². The molecule has 0 fully saturated rings. The van der Waals surface area contributed by atoms with Crippen LogP contribution in [0.2, 0.25) is 0 Å². The Kier molecular flexibility index (Phi) is 6.14. The van der Waals surface area contributed by atoms with Crippen molar-refractivity contribution in [3.63, 3.8) is 0 Å². The lowest BCUT2D eigenvalue weighted by Gasteiger charge is -2.14. The summed E-state index contributed by atoms with van der Waals surface area (Å²) in [6.45, 7) is 6.80. The fourth-order valence-electron chi connectivity index (χ4n) is 2.84. The van der Waals surface area contributed by atoms with Gasteiger partial charge in [-0.1, -0.05) is 38.1 Å². The van der Waals surface area contributed by atoms with Crippen molar-refractivity contribution in [3.05, 3.63) is 88.6 Å². The number of aryl methyl sites for hydroxylation is 1. The summed E-state index contributed by atoms with van der Waals surface area (Å²) in [6, 6.07) is 15.5. The molecule has 2 aromatic carbocycles. The van der Waals surface area contributed by atoms with E-state index in [0.717, 1.165) is 22.4 Å². The van der Waals surface area contributed by atoms with Crippen LogP contribution in [0.1, 0.15) is 52.8 Å². The number of carbonyl (C=O) groups excluding carboxylic acids is 1. The molecule has 0 saturated carbocycles. The van der Waals surface area contributed by atoms with Crippen molar-refractivity contribution < 1.29 is 18.3 Å². The van der Waals surface area contributed by atoms with E-state index in [-0.39, 0.29) is 24.1 Å². The molecule has 0 aliphatic carbocycles. The van der Waals surface area contributed by atoms with E-state index < -0.39 is 0 Å². The second-order valence-corrected chi connectivity index (χ2v) is 7.06. The number of ether oxygens (including phenoxy) is 1. The van der Waals surface area contributed by atoms with Crippen LogP contribution in [0, 0.1) is 12.7 Å². The largest absolute Gasteiger partial charge is 0.485 e. The number of amides is 1. The molecule has 0 unspecified atom stereocenters. The molecule has 0 aliphatic heterocycles. The van der Waals surface area contributed by atoms with Gasteiger partial charge in [-0.3, -0.25) is 4.79 Å². The lowest BCUT2D eigenvalue weighted by molar-refractivity contribution is 0.0919. The first-order valence-electron chi connectivity index (χ1n) is 9.27. The first kappa shape index (κ1) is 19.7. The molecule has 5 heteroatoms. The van der Waals surface area contributed by atoms with Crippen molar-refractivity contribution in [1.82, 2.24) is 5.32 Å². The number of carbonyl (C=O) groups is 1. The highest BCUT2D eigenvalue weighted by Gasteiger charge is 2.13. The molecule has 3 aromatic rings. The highest BCUT2D eigenvalue weighted by molar-refractivity contribution is 5.91. The molecule has 0 aliphatic rings. The van der Waals surface area contributed by atoms with Crippen LogP contribution in [0.4, 0.5) is 4.39 Å². The SMILES string of the molecule is Cc1ccc(C(C)C)c(OCc2ccc(C(=O)NCc3ccc(F)cc3)o2)c1. The van der Waals surface area contributed by atoms with Gasteiger partial charge in [0.25, 0.3) is 5.91 Å². The number of halogens is 1. The Morgan fingerprint density at radius 1 is 1.11 bits per heavy atom. The third-order valence-corrected chi connectivity index (χ3v) is 4.41. The minimum Gasteiger partial charge on any atom is -0.485 e. The Morgan fingerprint density at radius 2 is 1.86 bits per heavy atom. The normalized spacial score (nSPS) is 10.9. The summed E-state index contributed by atoms with van der Waals surface area (Å²) in [5.41, 5.74) is 3.07. The minimum absolute atomic E-state index is 0.217. The maximum atomic E-state index is 12.9. The van der Waals surface area contributed by atoms with Gasteiger partial charge in [0, 0.05) is 6.54 Å². The van der Waals surface area contributed by atoms with Crippen LogP contribution < -0.4 is 10.1 Å². The second kappa shape index (κ2) is 8.74. The van der Waals surface area contributed by atoms with E-state index >= 15 is 0 Å². The van der Waals surface area contributed by atoms with E-state index in [0.29, 0.717) is 18.2 Å². The zero-order chi connectivity index (χ0) is 20.1. The molecular weight excluding hydrogens is 357 g/mol. The van der Waals surface area contributed by atoms with Crippen molar-refractivity contribution in [2.75, 3.05) is 0 Å². The highest BCUT2D eigenvalue weighted by atomic mass is 19.1. The quantitative estimate of drug-likeness (QED) is 0.599. The van der Waals surface area contributed by atoms with Crippen molar-refractivity contribution in [3.8, 4) is 5.75 Å². The molecule has 0 radical (unpaired) electrons. The average Bonchev–Trinajstić information content (AvgIpc) is 3.14. The summed E-state index contributed by atoms with van der Waals surface area (Å²) in [5, 5.41) is 2.76. The molecule has 1 amide bonds. The number of hydrogen-bond donors (Lipinski definition) is 1. The van der Waals surface area contributed by atoms with Crippen molar-refractivity contribution in [2.45, 2.75) is 39.8 Å². The lowest BCUT2D eigenvalue weighted by atomic mass is 10.0. The summed E-state index contributed by atoms with van der Waals surface area (Å²) in [6.07, 6.45) is 0. The zero-order valence-corrected chi connectivity index (χ0v) is 16.3. The van der Waals surface area contributed by atoms with Gasteiger partial charge >= 0.3 is 0 Å². The van der Waals surface area contributed by atoms with Gasteiger partial charge in [0.05, 0.1) is 0 Å². The van der Waals surface area contributed by atoms with Crippen LogP contribution in [-0.2, 0) is 13.2 Å². The lowest BCUT2D eigenvalue weighted by Crippen LogP contribution is -2.22. The second-order valence-electron chi connectivity index (χ2n) is 7.06. The Balaban J connectivity index is 1.59. The first-order chi connectivity index (χ1) is 13.4. The first-order valence-corrected chi connectivity index (χ1v) is 9.27. The van der Waals surface area contributed by atoms with E-state index in [1.807, 2.05) is 13.0 Å². The monoisotopic (exact) mass is 381 g/mol. The smallest absolute Gasteiger partial charge is 0.287 e. The third kappa shape index (κ3) is 5.00. The molecule has 1 heterocycles. The van der Waals surface area contributed by atoms with E-state index in [4.69, 9.17) is 9.15 Å². The van der Waals surface area contributed by atoms with E-state index in [1.165, 1.54) is 12.1 Å². The molecule has 4 nitrogen and oxygen atoms in total. The maximum absolute atomic E-state index is 12.9. The van der Waals surface area contributed by atoms with Gasteiger partial charge < -0.3 is 14.5 Å². The summed E-state index contributed by atoms with van der Waals surface area (Å²) in [5.74, 6) is 1.33. The van der Waals surface area contributed by atoms with Gasteiger partial charge in [0.1, 0.15) is 23.9 Å². The fraction of sp³-hybridized carbons (Fsp3) is 0.261. The van der Waals surface area contributed by atoms with Gasteiger partial charge in [-0.2, -0.15) is 0 Å². The van der Waals surface area contributed by atoms with Crippen LogP contribution in [0.5, 0.6) is 5.75 Å². The summed E-state index contributed by atoms with van der Waals surface area (Å²) >= 11 is 0. The molecule has 0 spiro atoms. The molecule has 0 bridgehead atoms. The molecule has 1 aromatic heterocycles. The Morgan fingerprint density at radius 3 is 2.57 bits per heavy atom. The minimum atomic E-state index is -0.325. The van der Waals surface area contributed by atoms with Crippen LogP contribution in [-0.4, -0.2) is 5.91 Å². The summed E-state index contributed by atoms with van der Waals surface area (Å²) in [7, 11) is 0. The molecule has 0 atom stereocenters. The predicted molar refractivity (Wildman–Crippen MR) is 106 cm³/mol. The molecular formula is C23H24FNO3. The van der Waals surface area contributed by atoms with Crippen LogP contribution in [0.3, 0.4) is 0 Å². The molecule has 0 saturated heterocycles. The van der Waals surface area contributed by atoms with Crippen molar-refractivity contribution >= 4 is 5.91 Å². The highest BCUT2D eigenvalue weighted by Crippen LogP contribution is 2.28. The Bertz CT molecular complexity index is 945. The number of rotatable bonds is 7. The number of benzene rings is 2. The van der Waals surface area contributed by atoms with Gasteiger partial charge in [0.2, 0.25) is 0 Å². The number of nitrogens with one attached hydrogen (secondary N) is 1. The zero-order valence-electron chi connectivity index (χ0n) is 16.3. The molecule has 1 N–H and O–H groups in total. The van der Waals surface area contributed by atoms with E-state index in [2.05, 4.69) is 31.3 Å². The summed E-state index contributed by atoms with van der Waals surface area (Å²) in [4.78, 5) is 12.2. The third-order valence-electron chi connectivity index (χ3n) is 4.41. The van der Waals surface area contributed by atoms with E-state index in [1.54, 1.807) is 24.3 Å². The fourth-order valence-corrected chi connectivity index (χ4v) is 2.84.